The first-order valence-corrected chi connectivity index (χ1v) is 5.50. The fourth-order valence-corrected chi connectivity index (χ4v) is 1.52. The summed E-state index contributed by atoms with van der Waals surface area (Å²) in [7, 11) is 0. The van der Waals surface area contributed by atoms with Gasteiger partial charge in [-0.25, -0.2) is 4.39 Å². The summed E-state index contributed by atoms with van der Waals surface area (Å²) in [5, 5.41) is 0. The molecule has 18 heavy (non-hydrogen) atoms. The van der Waals surface area contributed by atoms with E-state index >= 15 is 0 Å². The second-order valence-electron chi connectivity index (χ2n) is 3.96. The highest BCUT2D eigenvalue weighted by Crippen LogP contribution is 2.18. The summed E-state index contributed by atoms with van der Waals surface area (Å²) in [4.78, 5) is 24.1. The third kappa shape index (κ3) is 2.97. The van der Waals surface area contributed by atoms with E-state index in [1.165, 1.54) is 17.9 Å². The van der Waals surface area contributed by atoms with Crippen LogP contribution in [0, 0.1) is 12.7 Å². The van der Waals surface area contributed by atoms with Gasteiger partial charge in [-0.3, -0.25) is 9.59 Å². The standard InChI is InChI=1S/C12H16FN3O2/c1-3-16(6-11(15)17)12(18)8-4-9(13)7(2)10(14)5-8/h4-5H,3,6,14H2,1-2H3,(H2,15,17). The van der Waals surface area contributed by atoms with Crippen LogP contribution in [-0.2, 0) is 4.79 Å². The number of nitrogens with zero attached hydrogens (tertiary/aromatic N) is 1. The predicted molar refractivity (Wildman–Crippen MR) is 66.3 cm³/mol. The highest BCUT2D eigenvalue weighted by Gasteiger charge is 2.18. The molecule has 0 aliphatic carbocycles. The predicted octanol–water partition coefficient (Wildman–Crippen LogP) is 0.664. The third-order valence-corrected chi connectivity index (χ3v) is 2.65. The quantitative estimate of drug-likeness (QED) is 0.772. The number of primary amides is 1. The van der Waals surface area contributed by atoms with Crippen LogP contribution in [0.1, 0.15) is 22.8 Å². The van der Waals surface area contributed by atoms with Crippen molar-refractivity contribution >= 4 is 17.5 Å². The van der Waals surface area contributed by atoms with E-state index in [0.717, 1.165) is 6.07 Å². The van der Waals surface area contributed by atoms with Gasteiger partial charge in [-0.05, 0) is 26.0 Å². The Morgan fingerprint density at radius 3 is 2.44 bits per heavy atom. The number of carbonyl (C=O) groups excluding carboxylic acids is 2. The number of hydrogen-bond donors (Lipinski definition) is 2. The lowest BCUT2D eigenvalue weighted by molar-refractivity contribution is -0.118. The van der Waals surface area contributed by atoms with Crippen molar-refractivity contribution in [1.82, 2.24) is 4.90 Å². The maximum atomic E-state index is 13.5. The Labute approximate surface area is 105 Å². The minimum atomic E-state index is -0.620. The number of rotatable bonds is 4. The van der Waals surface area contributed by atoms with E-state index in [9.17, 15) is 14.0 Å². The Balaban J connectivity index is 3.06. The Hall–Kier alpha value is -2.11. The van der Waals surface area contributed by atoms with E-state index in [4.69, 9.17) is 11.5 Å². The topological polar surface area (TPSA) is 89.4 Å². The van der Waals surface area contributed by atoms with Gasteiger partial charge in [0.25, 0.3) is 5.91 Å². The normalized spacial score (nSPS) is 10.2. The van der Waals surface area contributed by atoms with Crippen molar-refractivity contribution in [2.45, 2.75) is 13.8 Å². The van der Waals surface area contributed by atoms with Crippen molar-refractivity contribution in [3.8, 4) is 0 Å². The number of halogens is 1. The number of benzene rings is 1. The molecule has 4 N–H and O–H groups in total. The molecule has 0 radical (unpaired) electrons. The van der Waals surface area contributed by atoms with E-state index in [1.54, 1.807) is 6.92 Å². The second-order valence-corrected chi connectivity index (χ2v) is 3.96. The van der Waals surface area contributed by atoms with Gasteiger partial charge in [0.2, 0.25) is 5.91 Å². The van der Waals surface area contributed by atoms with Crippen molar-refractivity contribution in [3.63, 3.8) is 0 Å². The molecule has 1 aromatic carbocycles. The monoisotopic (exact) mass is 253 g/mol. The van der Waals surface area contributed by atoms with Gasteiger partial charge >= 0.3 is 0 Å². The smallest absolute Gasteiger partial charge is 0.254 e. The first-order valence-electron chi connectivity index (χ1n) is 5.50. The molecule has 2 amide bonds. The fourth-order valence-electron chi connectivity index (χ4n) is 1.52. The summed E-state index contributed by atoms with van der Waals surface area (Å²) in [6, 6.07) is 2.50. The van der Waals surface area contributed by atoms with Crippen LogP contribution in [0.3, 0.4) is 0 Å². The van der Waals surface area contributed by atoms with Gasteiger partial charge in [-0.2, -0.15) is 0 Å². The van der Waals surface area contributed by atoms with E-state index in [2.05, 4.69) is 0 Å². The van der Waals surface area contributed by atoms with Crippen LogP contribution in [0.5, 0.6) is 0 Å². The summed E-state index contributed by atoms with van der Waals surface area (Å²) in [5.74, 6) is -1.64. The lowest BCUT2D eigenvalue weighted by Crippen LogP contribution is -2.38. The largest absolute Gasteiger partial charge is 0.398 e. The van der Waals surface area contributed by atoms with E-state index in [-0.39, 0.29) is 17.8 Å². The zero-order valence-corrected chi connectivity index (χ0v) is 10.4. The van der Waals surface area contributed by atoms with Gasteiger partial charge in [-0.15, -0.1) is 0 Å². The van der Waals surface area contributed by atoms with E-state index in [0.29, 0.717) is 12.1 Å². The summed E-state index contributed by atoms with van der Waals surface area (Å²) in [5.41, 5.74) is 11.2. The highest BCUT2D eigenvalue weighted by molar-refractivity contribution is 5.97. The fraction of sp³-hybridized carbons (Fsp3) is 0.333. The first-order chi connectivity index (χ1) is 8.36. The molecule has 0 atom stereocenters. The van der Waals surface area contributed by atoms with Crippen molar-refractivity contribution in [3.05, 3.63) is 29.1 Å². The average molecular weight is 253 g/mol. The molecule has 5 nitrogen and oxygen atoms in total. The Morgan fingerprint density at radius 1 is 1.39 bits per heavy atom. The first kappa shape index (κ1) is 14.0. The van der Waals surface area contributed by atoms with Gasteiger partial charge in [0.1, 0.15) is 5.82 Å². The lowest BCUT2D eigenvalue weighted by atomic mass is 10.1. The molecule has 98 valence electrons. The van der Waals surface area contributed by atoms with Gasteiger partial charge in [0, 0.05) is 23.4 Å². The number of hydrogen-bond acceptors (Lipinski definition) is 3. The molecule has 1 aromatic rings. The molecule has 0 bridgehead atoms. The summed E-state index contributed by atoms with van der Waals surface area (Å²) >= 11 is 0. The molecule has 0 saturated heterocycles. The highest BCUT2D eigenvalue weighted by atomic mass is 19.1. The molecule has 0 saturated carbocycles. The average Bonchev–Trinajstić information content (AvgIpc) is 2.31. The number of nitrogens with two attached hydrogens (primary N) is 2. The number of likely N-dealkylation sites (N-methyl/N-ethyl adjacent to an activating group) is 1. The SMILES string of the molecule is CCN(CC(N)=O)C(=O)c1cc(N)c(C)c(F)c1. The Kier molecular flexibility index (Phi) is 4.25. The van der Waals surface area contributed by atoms with Crippen LogP contribution in [0.4, 0.5) is 10.1 Å². The molecular formula is C12H16FN3O2. The molecule has 0 heterocycles. The molecule has 6 heteroatoms. The van der Waals surface area contributed by atoms with Gasteiger partial charge in [0.15, 0.2) is 0 Å². The molecule has 0 aliphatic heterocycles. The molecule has 0 aliphatic rings. The molecular weight excluding hydrogens is 237 g/mol. The van der Waals surface area contributed by atoms with Crippen molar-refractivity contribution in [2.24, 2.45) is 5.73 Å². The maximum Gasteiger partial charge on any atom is 0.254 e. The van der Waals surface area contributed by atoms with Crippen molar-refractivity contribution in [2.75, 3.05) is 18.8 Å². The van der Waals surface area contributed by atoms with Crippen LogP contribution < -0.4 is 11.5 Å². The lowest BCUT2D eigenvalue weighted by Gasteiger charge is -2.19. The van der Waals surface area contributed by atoms with Crippen LogP contribution in [0.2, 0.25) is 0 Å². The Bertz CT molecular complexity index is 465. The van der Waals surface area contributed by atoms with E-state index < -0.39 is 17.6 Å². The second kappa shape index (κ2) is 5.48. The summed E-state index contributed by atoms with van der Waals surface area (Å²) in [6.07, 6.45) is 0. The van der Waals surface area contributed by atoms with Gasteiger partial charge in [0.05, 0.1) is 6.54 Å². The van der Waals surface area contributed by atoms with Crippen LogP contribution >= 0.6 is 0 Å². The molecule has 0 fully saturated rings. The molecule has 0 spiro atoms. The minimum Gasteiger partial charge on any atom is -0.398 e. The summed E-state index contributed by atoms with van der Waals surface area (Å²) in [6.45, 7) is 3.33. The number of anilines is 1. The van der Waals surface area contributed by atoms with Crippen LogP contribution in [-0.4, -0.2) is 29.8 Å². The number of amides is 2. The maximum absolute atomic E-state index is 13.5. The molecule has 0 unspecified atom stereocenters. The zero-order chi connectivity index (χ0) is 13.9. The Morgan fingerprint density at radius 2 is 2.00 bits per heavy atom. The number of carbonyl (C=O) groups is 2. The van der Waals surface area contributed by atoms with Gasteiger partial charge in [-0.1, -0.05) is 0 Å². The van der Waals surface area contributed by atoms with E-state index in [1.807, 2.05) is 0 Å². The van der Waals surface area contributed by atoms with Crippen LogP contribution in [0.15, 0.2) is 12.1 Å². The van der Waals surface area contributed by atoms with Gasteiger partial charge < -0.3 is 16.4 Å². The number of nitrogen functional groups attached to an aromatic ring is 1. The molecule has 0 aromatic heterocycles. The minimum absolute atomic E-state index is 0.110. The molecule has 1 rings (SSSR count). The zero-order valence-electron chi connectivity index (χ0n) is 10.4. The van der Waals surface area contributed by atoms with Crippen LogP contribution in [0.25, 0.3) is 0 Å². The summed E-state index contributed by atoms with van der Waals surface area (Å²) < 4.78 is 13.5. The van der Waals surface area contributed by atoms with Crippen molar-refractivity contribution < 1.29 is 14.0 Å². The third-order valence-electron chi connectivity index (χ3n) is 2.65. The van der Waals surface area contributed by atoms with Crippen molar-refractivity contribution in [1.29, 1.82) is 0 Å².